The number of hydrogen-bond acceptors (Lipinski definition) is 4. The van der Waals surface area contributed by atoms with Crippen LogP contribution in [0, 0.1) is 34.5 Å². The zero-order chi connectivity index (χ0) is 19.9. The van der Waals surface area contributed by atoms with E-state index >= 15 is 0 Å². The van der Waals surface area contributed by atoms with Gasteiger partial charge in [-0.2, -0.15) is 0 Å². The summed E-state index contributed by atoms with van der Waals surface area (Å²) in [5.41, 5.74) is 0.313. The number of unbranched alkanes of at least 4 members (excludes halogenated alkanes) is 1. The van der Waals surface area contributed by atoms with Crippen molar-refractivity contribution in [3.63, 3.8) is 0 Å². The average Bonchev–Trinajstić information content (AvgIpc) is 2.99. The van der Waals surface area contributed by atoms with Crippen LogP contribution >= 0.6 is 0 Å². The topological polar surface area (TPSA) is 55.8 Å². The summed E-state index contributed by atoms with van der Waals surface area (Å²) in [5, 5.41) is 10.1. The van der Waals surface area contributed by atoms with Crippen molar-refractivity contribution in [2.75, 3.05) is 6.61 Å². The molecule has 3 fully saturated rings. The van der Waals surface area contributed by atoms with Gasteiger partial charge in [-0.15, -0.1) is 0 Å². The Morgan fingerprint density at radius 3 is 2.75 bits per heavy atom. The molecule has 0 amide bonds. The summed E-state index contributed by atoms with van der Waals surface area (Å²) in [4.78, 5) is 12.2. The van der Waals surface area contributed by atoms with Crippen molar-refractivity contribution in [2.24, 2.45) is 34.5 Å². The third-order valence-corrected chi connectivity index (χ3v) is 9.04. The molecule has 0 heterocycles. The molecule has 4 heteroatoms. The molecule has 4 rings (SSSR count). The van der Waals surface area contributed by atoms with Crippen LogP contribution in [0.5, 0.6) is 0 Å². The molecule has 3 saturated carbocycles. The Labute approximate surface area is 170 Å². The minimum absolute atomic E-state index is 0.00169. The monoisotopic (exact) mass is 390 g/mol. The normalized spacial score (nSPS) is 47.0. The van der Waals surface area contributed by atoms with E-state index in [0.717, 1.165) is 38.5 Å². The summed E-state index contributed by atoms with van der Waals surface area (Å²) in [6, 6.07) is 0. The largest absolute Gasteiger partial charge is 0.508 e. The predicted octanol–water partition coefficient (Wildman–Crippen LogP) is 5.49. The van der Waals surface area contributed by atoms with E-state index in [0.29, 0.717) is 30.3 Å². The van der Waals surface area contributed by atoms with Gasteiger partial charge in [-0.3, -0.25) is 0 Å². The lowest BCUT2D eigenvalue weighted by Gasteiger charge is -2.59. The van der Waals surface area contributed by atoms with Gasteiger partial charge in [-0.25, -0.2) is 4.79 Å². The van der Waals surface area contributed by atoms with Crippen molar-refractivity contribution in [2.45, 2.75) is 90.8 Å². The van der Waals surface area contributed by atoms with Crippen LogP contribution in [0.1, 0.15) is 78.6 Å². The molecule has 0 bridgehead atoms. The molecule has 0 aromatic heterocycles. The van der Waals surface area contributed by atoms with Crippen LogP contribution in [0.25, 0.3) is 0 Å². The van der Waals surface area contributed by atoms with Crippen molar-refractivity contribution in [1.29, 1.82) is 0 Å². The van der Waals surface area contributed by atoms with E-state index < -0.39 is 6.16 Å². The number of ether oxygens (including phenoxy) is 2. The number of hydrogen-bond donors (Lipinski definition) is 1. The predicted molar refractivity (Wildman–Crippen MR) is 109 cm³/mol. The SMILES string of the molecule is CCCCOC(=O)O[C@H]1CC[C@H]2[C@@H]3CC[C@H]4C[C@H](O)C=C[C@]4(C)[C@H]3CC[C@]12C. The van der Waals surface area contributed by atoms with E-state index in [2.05, 4.69) is 26.8 Å². The minimum atomic E-state index is -0.470. The van der Waals surface area contributed by atoms with Crippen molar-refractivity contribution < 1.29 is 19.4 Å². The summed E-state index contributed by atoms with van der Waals surface area (Å²) in [6.45, 7) is 7.35. The molecule has 0 aromatic carbocycles. The zero-order valence-corrected chi connectivity index (χ0v) is 17.9. The lowest BCUT2D eigenvalue weighted by Crippen LogP contribution is -2.53. The quantitative estimate of drug-likeness (QED) is 0.392. The highest BCUT2D eigenvalue weighted by Gasteiger charge is 2.60. The van der Waals surface area contributed by atoms with Gasteiger partial charge >= 0.3 is 6.16 Å². The van der Waals surface area contributed by atoms with E-state index in [4.69, 9.17) is 9.47 Å². The molecule has 4 aliphatic carbocycles. The maximum atomic E-state index is 12.2. The van der Waals surface area contributed by atoms with E-state index in [1.54, 1.807) is 0 Å². The highest BCUT2D eigenvalue weighted by atomic mass is 16.7. The molecule has 1 N–H and O–H groups in total. The number of allylic oxidation sites excluding steroid dienone is 1. The van der Waals surface area contributed by atoms with Crippen molar-refractivity contribution in [1.82, 2.24) is 0 Å². The Kier molecular flexibility index (Phi) is 5.54. The molecule has 4 aliphatic rings. The standard InChI is InChI=1S/C24H38O4/c1-4-5-14-27-22(26)28-21-9-8-19-18-7-6-16-15-17(25)10-12-23(16,2)20(18)11-13-24(19,21)3/h10,12,16-21,25H,4-9,11,13-15H2,1-3H3/t16-,17+,18-,19-,20-,21-,23-,24-/m0/s1. The lowest BCUT2D eigenvalue weighted by atomic mass is 9.46. The Morgan fingerprint density at radius 2 is 1.96 bits per heavy atom. The molecule has 8 atom stereocenters. The van der Waals surface area contributed by atoms with E-state index in [-0.39, 0.29) is 23.0 Å². The second-order valence-electron chi connectivity index (χ2n) is 10.4. The van der Waals surface area contributed by atoms with Gasteiger partial charge < -0.3 is 14.6 Å². The molecule has 0 aromatic rings. The Balaban J connectivity index is 1.46. The van der Waals surface area contributed by atoms with E-state index in [1.807, 2.05) is 6.08 Å². The summed E-state index contributed by atoms with van der Waals surface area (Å²) < 4.78 is 11.1. The molecular formula is C24H38O4. The number of carbonyl (C=O) groups excluding carboxylic acids is 1. The zero-order valence-electron chi connectivity index (χ0n) is 17.9. The molecule has 158 valence electrons. The number of aliphatic hydroxyl groups excluding tert-OH is 1. The number of rotatable bonds is 4. The fourth-order valence-electron chi connectivity index (χ4n) is 7.39. The van der Waals surface area contributed by atoms with Gasteiger partial charge in [0.15, 0.2) is 0 Å². The van der Waals surface area contributed by atoms with Gasteiger partial charge in [-0.05, 0) is 80.5 Å². The summed E-state index contributed by atoms with van der Waals surface area (Å²) >= 11 is 0. The Bertz CT molecular complexity index is 616. The minimum Gasteiger partial charge on any atom is -0.434 e. The average molecular weight is 391 g/mol. The van der Waals surface area contributed by atoms with Gasteiger partial charge in [-0.1, -0.05) is 39.3 Å². The van der Waals surface area contributed by atoms with Gasteiger partial charge in [0.2, 0.25) is 0 Å². The van der Waals surface area contributed by atoms with Crippen LogP contribution in [0.15, 0.2) is 12.2 Å². The number of carbonyl (C=O) groups is 1. The Morgan fingerprint density at radius 1 is 1.14 bits per heavy atom. The fourth-order valence-corrected chi connectivity index (χ4v) is 7.39. The maximum absolute atomic E-state index is 12.2. The first-order chi connectivity index (χ1) is 13.4. The van der Waals surface area contributed by atoms with Gasteiger partial charge in [0.05, 0.1) is 12.7 Å². The molecule has 0 aliphatic heterocycles. The van der Waals surface area contributed by atoms with Crippen LogP contribution in [-0.4, -0.2) is 30.1 Å². The van der Waals surface area contributed by atoms with Crippen molar-refractivity contribution in [3.8, 4) is 0 Å². The van der Waals surface area contributed by atoms with Crippen LogP contribution in [0.4, 0.5) is 4.79 Å². The van der Waals surface area contributed by atoms with E-state index in [1.165, 1.54) is 19.3 Å². The molecule has 4 nitrogen and oxygen atoms in total. The molecule has 0 saturated heterocycles. The highest BCUT2D eigenvalue weighted by molar-refractivity contribution is 5.60. The lowest BCUT2D eigenvalue weighted by molar-refractivity contribution is -0.107. The molecule has 0 radical (unpaired) electrons. The van der Waals surface area contributed by atoms with Gasteiger partial charge in [0.25, 0.3) is 0 Å². The molecule has 28 heavy (non-hydrogen) atoms. The third kappa shape index (κ3) is 3.30. The van der Waals surface area contributed by atoms with Crippen molar-refractivity contribution >= 4 is 6.16 Å². The molecular weight excluding hydrogens is 352 g/mol. The first-order valence-electron chi connectivity index (χ1n) is 11.6. The number of fused-ring (bicyclic) bond motifs is 5. The fraction of sp³-hybridized carbons (Fsp3) is 0.875. The smallest absolute Gasteiger partial charge is 0.434 e. The molecule has 0 spiro atoms. The Hall–Kier alpha value is -1.03. The third-order valence-electron chi connectivity index (χ3n) is 9.04. The van der Waals surface area contributed by atoms with Crippen LogP contribution in [0.3, 0.4) is 0 Å². The van der Waals surface area contributed by atoms with Crippen LogP contribution < -0.4 is 0 Å². The van der Waals surface area contributed by atoms with Gasteiger partial charge in [0, 0.05) is 5.41 Å². The second kappa shape index (κ2) is 7.66. The maximum Gasteiger partial charge on any atom is 0.508 e. The second-order valence-corrected chi connectivity index (χ2v) is 10.4. The number of aliphatic hydroxyl groups is 1. The van der Waals surface area contributed by atoms with Crippen LogP contribution in [0.2, 0.25) is 0 Å². The van der Waals surface area contributed by atoms with Gasteiger partial charge in [0.1, 0.15) is 6.10 Å². The molecule has 0 unspecified atom stereocenters. The summed E-state index contributed by atoms with van der Waals surface area (Å²) in [7, 11) is 0. The highest BCUT2D eigenvalue weighted by Crippen LogP contribution is 2.65. The van der Waals surface area contributed by atoms with E-state index in [9.17, 15) is 9.90 Å². The van der Waals surface area contributed by atoms with Crippen LogP contribution in [-0.2, 0) is 9.47 Å². The van der Waals surface area contributed by atoms with Crippen molar-refractivity contribution in [3.05, 3.63) is 12.2 Å². The summed E-state index contributed by atoms with van der Waals surface area (Å²) in [5.74, 6) is 2.66. The summed E-state index contributed by atoms with van der Waals surface area (Å²) in [6.07, 6.45) is 13.5. The first-order valence-corrected chi connectivity index (χ1v) is 11.6. The first kappa shape index (κ1) is 20.3.